The molecule has 2 fully saturated rings. The van der Waals surface area contributed by atoms with Gasteiger partial charge in [0.25, 0.3) is 0 Å². The highest BCUT2D eigenvalue weighted by Crippen LogP contribution is 2.37. The first kappa shape index (κ1) is 45.5. The molecule has 5 aliphatic heterocycles. The smallest absolute Gasteiger partial charge is 0.319 e. The van der Waals surface area contributed by atoms with Crippen molar-refractivity contribution in [3.8, 4) is 45.9 Å². The Balaban J connectivity index is 0.000000128. The lowest BCUT2D eigenvalue weighted by Gasteiger charge is -2.36. The van der Waals surface area contributed by atoms with Crippen LogP contribution >= 0.6 is 34.8 Å². The molecule has 5 aliphatic rings. The molecule has 2 atom stereocenters. The third-order valence-corrected chi connectivity index (χ3v) is 13.1. The summed E-state index contributed by atoms with van der Waals surface area (Å²) in [4.78, 5) is 56.6. The molecule has 0 aliphatic carbocycles. The number of urea groups is 1. The van der Waals surface area contributed by atoms with Gasteiger partial charge in [0, 0.05) is 104 Å². The molecule has 2 N–H and O–H groups in total. The molecular weight excluding hydrogens is 931 g/mol. The van der Waals surface area contributed by atoms with Gasteiger partial charge in [-0.15, -0.1) is 0 Å². The summed E-state index contributed by atoms with van der Waals surface area (Å²) in [5, 5.41) is 6.42. The molecule has 0 radical (unpaired) electrons. The Kier molecular flexibility index (Phi) is 13.2. The van der Waals surface area contributed by atoms with Gasteiger partial charge in [0.2, 0.25) is 10.6 Å². The summed E-state index contributed by atoms with van der Waals surface area (Å²) in [7, 11) is 0. The standard InChI is InChI=1S/C23H27N7O2.C14H16ClN5O.C9H6Cl2N4/c1-3-24-23(31)26-17-6-4-16(5-7-17)20-27-19-18(8-10-29-11-9-25-22(19)29)21(28-20)30-12-13-32-14-15(30)2;1-9-8-21-7-6-20(9)12-10-2-4-19-5-3-16-13(19)11(10)17-14(15)18-12;10-7-5-1-3-15-4-2-12-8(15)6(5)13-9(11)14-7/h4-7,9,11,15H,3,8,10,12-14H2,1-2H3,(H2,24,26,31);3,5,9H,2,4,6-8H2,1H3;2,4H,1,3H2/t15-;9-;/m00./s1. The van der Waals surface area contributed by atoms with E-state index in [1.165, 1.54) is 0 Å². The number of rotatable bonds is 5. The van der Waals surface area contributed by atoms with Crippen LogP contribution in [0.5, 0.6) is 0 Å². The molecule has 352 valence electrons. The van der Waals surface area contributed by atoms with Gasteiger partial charge in [-0.3, -0.25) is 0 Å². The first-order valence-electron chi connectivity index (χ1n) is 22.7. The Hall–Kier alpha value is -6.25. The van der Waals surface area contributed by atoms with Crippen molar-refractivity contribution in [1.29, 1.82) is 0 Å². The molecule has 11 heterocycles. The van der Waals surface area contributed by atoms with Crippen molar-refractivity contribution in [3.63, 3.8) is 0 Å². The number of ether oxygens (including phenoxy) is 2. The minimum atomic E-state index is -0.222. The molecule has 0 spiro atoms. The van der Waals surface area contributed by atoms with E-state index in [0.717, 1.165) is 133 Å². The summed E-state index contributed by atoms with van der Waals surface area (Å²) < 4.78 is 17.5. The number of benzene rings is 1. The second-order valence-corrected chi connectivity index (χ2v) is 17.9. The van der Waals surface area contributed by atoms with Crippen LogP contribution in [-0.4, -0.2) is 123 Å². The lowest BCUT2D eigenvalue weighted by atomic mass is 10.0. The van der Waals surface area contributed by atoms with Gasteiger partial charge in [-0.1, -0.05) is 11.6 Å². The maximum Gasteiger partial charge on any atom is 0.319 e. The normalized spacial score (nSPS) is 17.7. The number of carbonyl (C=O) groups is 1. The summed E-state index contributed by atoms with van der Waals surface area (Å²) in [6.07, 6.45) is 13.8. The van der Waals surface area contributed by atoms with E-state index >= 15 is 0 Å². The minimum Gasteiger partial charge on any atom is -0.377 e. The number of anilines is 3. The van der Waals surface area contributed by atoms with E-state index in [9.17, 15) is 4.79 Å². The highest BCUT2D eigenvalue weighted by atomic mass is 35.5. The molecule has 2 amide bonds. The molecule has 7 aromatic rings. The number of nitrogens with zero attached hydrogens (tertiary/aromatic N) is 14. The first-order chi connectivity index (χ1) is 33.1. The van der Waals surface area contributed by atoms with Gasteiger partial charge in [-0.2, -0.15) is 0 Å². The van der Waals surface area contributed by atoms with Gasteiger partial charge in [-0.05, 0) is 87.5 Å². The number of carbonyl (C=O) groups excluding carboxylic acids is 1. The van der Waals surface area contributed by atoms with Crippen LogP contribution in [0.3, 0.4) is 0 Å². The fourth-order valence-corrected chi connectivity index (χ4v) is 9.77. The number of hydrogen-bond donors (Lipinski definition) is 2. The monoisotopic (exact) mass is 978 g/mol. The quantitative estimate of drug-likeness (QED) is 0.133. The third kappa shape index (κ3) is 9.20. The molecule has 12 rings (SSSR count). The van der Waals surface area contributed by atoms with E-state index in [2.05, 4.69) is 78.3 Å². The molecular formula is C46H49Cl3N16O3. The van der Waals surface area contributed by atoms with Crippen molar-refractivity contribution in [2.75, 3.05) is 61.2 Å². The van der Waals surface area contributed by atoms with Gasteiger partial charge in [-0.25, -0.2) is 49.7 Å². The number of halogens is 3. The average Bonchev–Trinajstić information content (AvgIpc) is 4.15. The maximum atomic E-state index is 11.8. The Morgan fingerprint density at radius 2 is 1.12 bits per heavy atom. The van der Waals surface area contributed by atoms with Gasteiger partial charge < -0.3 is 43.6 Å². The Morgan fingerprint density at radius 3 is 1.65 bits per heavy atom. The average molecular weight is 980 g/mol. The van der Waals surface area contributed by atoms with Crippen molar-refractivity contribution < 1.29 is 14.3 Å². The van der Waals surface area contributed by atoms with Crippen LogP contribution < -0.4 is 20.4 Å². The molecule has 0 saturated carbocycles. The van der Waals surface area contributed by atoms with Gasteiger partial charge >= 0.3 is 6.03 Å². The van der Waals surface area contributed by atoms with Crippen LogP contribution in [0.15, 0.2) is 61.4 Å². The zero-order chi connectivity index (χ0) is 46.9. The molecule has 68 heavy (non-hydrogen) atoms. The predicted octanol–water partition coefficient (Wildman–Crippen LogP) is 6.91. The summed E-state index contributed by atoms with van der Waals surface area (Å²) in [5.74, 6) is 5.13. The molecule has 2 saturated heterocycles. The molecule has 0 unspecified atom stereocenters. The number of nitrogens with one attached hydrogen (secondary N) is 2. The van der Waals surface area contributed by atoms with Crippen molar-refractivity contribution >= 4 is 58.2 Å². The summed E-state index contributed by atoms with van der Waals surface area (Å²) in [6.45, 7) is 13.8. The highest BCUT2D eigenvalue weighted by Gasteiger charge is 2.31. The highest BCUT2D eigenvalue weighted by molar-refractivity contribution is 6.32. The second kappa shape index (κ2) is 19.8. The predicted molar refractivity (Wildman–Crippen MR) is 259 cm³/mol. The Bertz CT molecular complexity index is 2960. The van der Waals surface area contributed by atoms with Crippen molar-refractivity contribution in [2.24, 2.45) is 0 Å². The van der Waals surface area contributed by atoms with Crippen molar-refractivity contribution in [2.45, 2.75) is 71.8 Å². The summed E-state index contributed by atoms with van der Waals surface area (Å²) in [6, 6.07) is 7.91. The van der Waals surface area contributed by atoms with Gasteiger partial charge in [0.05, 0.1) is 38.5 Å². The van der Waals surface area contributed by atoms with E-state index < -0.39 is 0 Å². The number of morpholine rings is 2. The van der Waals surface area contributed by atoms with E-state index in [-0.39, 0.29) is 28.7 Å². The zero-order valence-corrected chi connectivity index (χ0v) is 40.0. The number of fused-ring (bicyclic) bond motifs is 9. The van der Waals surface area contributed by atoms with E-state index in [1.807, 2.05) is 60.5 Å². The maximum absolute atomic E-state index is 11.8. The third-order valence-electron chi connectivity index (χ3n) is 12.5. The molecule has 0 bridgehead atoms. The van der Waals surface area contributed by atoms with E-state index in [0.29, 0.717) is 37.3 Å². The number of aromatic nitrogens is 12. The fourth-order valence-electron chi connectivity index (χ4n) is 9.13. The lowest BCUT2D eigenvalue weighted by Crippen LogP contribution is -2.45. The van der Waals surface area contributed by atoms with Crippen molar-refractivity contribution in [1.82, 2.24) is 63.9 Å². The van der Waals surface area contributed by atoms with Crippen molar-refractivity contribution in [3.05, 3.63) is 93.9 Å². The summed E-state index contributed by atoms with van der Waals surface area (Å²) in [5.41, 5.74) is 7.33. The molecule has 1 aromatic carbocycles. The number of aryl methyl sites for hydroxylation is 3. The van der Waals surface area contributed by atoms with Crippen LogP contribution in [0.25, 0.3) is 45.9 Å². The molecule has 19 nitrogen and oxygen atoms in total. The van der Waals surface area contributed by atoms with Crippen LogP contribution in [0.2, 0.25) is 15.7 Å². The minimum absolute atomic E-state index is 0.162. The van der Waals surface area contributed by atoms with Crippen LogP contribution in [-0.2, 0) is 48.4 Å². The summed E-state index contributed by atoms with van der Waals surface area (Å²) >= 11 is 17.9. The number of hydrogen-bond acceptors (Lipinski definition) is 14. The largest absolute Gasteiger partial charge is 0.377 e. The van der Waals surface area contributed by atoms with Crippen LogP contribution in [0.1, 0.15) is 37.5 Å². The Labute approximate surface area is 407 Å². The van der Waals surface area contributed by atoms with Crippen LogP contribution in [0, 0.1) is 0 Å². The molecule has 22 heteroatoms. The number of amides is 2. The first-order valence-corrected chi connectivity index (χ1v) is 23.8. The Morgan fingerprint density at radius 1 is 0.632 bits per heavy atom. The van der Waals surface area contributed by atoms with Gasteiger partial charge in [0.1, 0.15) is 33.9 Å². The van der Waals surface area contributed by atoms with Gasteiger partial charge in [0.15, 0.2) is 23.3 Å². The fraction of sp³-hybridized carbons (Fsp3) is 0.391. The molecule has 6 aromatic heterocycles. The number of imidazole rings is 3. The second-order valence-electron chi connectivity index (χ2n) is 16.8. The lowest BCUT2D eigenvalue weighted by molar-refractivity contribution is 0.0984. The SMILES string of the molecule is CCNC(=O)Nc1ccc(-c2nc3c(c(N4CCOC[C@@H]4C)n2)CCn2ccnc2-3)cc1.C[C@H]1COCCN1c1nc(Cl)nc2c1CCn1ccnc1-2.Clc1nc(Cl)c2c(n1)-c1nccn1CC2. The van der Waals surface area contributed by atoms with E-state index in [4.69, 9.17) is 54.2 Å². The zero-order valence-electron chi connectivity index (χ0n) is 37.7. The van der Waals surface area contributed by atoms with Crippen LogP contribution in [0.4, 0.5) is 22.1 Å². The topological polar surface area (TPSA) is 197 Å². The van der Waals surface area contributed by atoms with E-state index in [1.54, 1.807) is 12.4 Å².